The number of hydrogen-bond acceptors (Lipinski definition) is 14. The molecule has 0 atom stereocenters. The fourth-order valence-corrected chi connectivity index (χ4v) is 19.2. The van der Waals surface area contributed by atoms with Gasteiger partial charge in [-0.1, -0.05) is 72.8 Å². The van der Waals surface area contributed by atoms with Gasteiger partial charge in [-0.2, -0.15) is 14.7 Å². The zero-order valence-electron chi connectivity index (χ0n) is 39.3. The SMILES string of the molecule is Cc1cc2c(O)c(c1C)CN(C)CCN(C)Cc1c(C)c(C)cc(c1O)/C=N\N(C)P1(=NP3(=N[P+]4([N-]1)Oc1ccccc1-c1ccccc1O4)Oc1ccccc1-c1ccccc1O3)N(C)/N=C\2. The predicted octanol–water partition coefficient (Wildman–Crippen LogP) is 12.7. The van der Waals surface area contributed by atoms with Gasteiger partial charge in [0.15, 0.2) is 11.5 Å². The first-order valence-corrected chi connectivity index (χ1v) is 27.0. The van der Waals surface area contributed by atoms with Gasteiger partial charge < -0.3 is 33.9 Å². The average Bonchev–Trinajstić information content (AvgIpc) is 3.54. The molecule has 68 heavy (non-hydrogen) atoms. The number of hydrogen-bond donors (Lipinski definition) is 2. The Bertz CT molecular complexity index is 2990. The maximum absolute atomic E-state index is 12.1. The molecule has 6 aromatic carbocycles. The summed E-state index contributed by atoms with van der Waals surface area (Å²) in [6.45, 7) is 10.6. The van der Waals surface area contributed by atoms with Crippen LogP contribution in [0, 0.1) is 27.7 Å². The molecule has 6 aromatic rings. The van der Waals surface area contributed by atoms with Crippen molar-refractivity contribution in [2.45, 2.75) is 40.8 Å². The number of aromatic hydroxyl groups is 2. The molecule has 4 aliphatic heterocycles. The maximum atomic E-state index is 12.1. The summed E-state index contributed by atoms with van der Waals surface area (Å²) in [7, 11) is -4.30. The molecule has 2 N–H and O–H groups in total. The summed E-state index contributed by atoms with van der Waals surface area (Å²) >= 11 is 0. The normalized spacial score (nSPS) is 19.2. The molecule has 0 aromatic heterocycles. The van der Waals surface area contributed by atoms with E-state index in [1.165, 1.54) is 0 Å². The summed E-state index contributed by atoms with van der Waals surface area (Å²) in [6, 6.07) is 34.6. The minimum Gasteiger partial charge on any atom is -0.507 e. The Morgan fingerprint density at radius 3 is 1.37 bits per heavy atom. The summed E-state index contributed by atoms with van der Waals surface area (Å²) < 4.78 is 42.9. The zero-order valence-corrected chi connectivity index (χ0v) is 42.0. The number of nitrogens with zero attached hydrogens (tertiary/aromatic N) is 9. The number of benzene rings is 6. The van der Waals surface area contributed by atoms with Crippen LogP contribution >= 0.6 is 23.2 Å². The van der Waals surface area contributed by atoms with Crippen molar-refractivity contribution in [1.82, 2.24) is 19.4 Å². The first-order chi connectivity index (χ1) is 32.7. The predicted molar refractivity (Wildman–Crippen MR) is 274 cm³/mol. The molecular formula is C50H54N9O6P3. The topological polar surface area (TPSA) is 154 Å². The third-order valence-corrected chi connectivity index (χ3v) is 21.9. The van der Waals surface area contributed by atoms with Crippen molar-refractivity contribution in [3.63, 3.8) is 0 Å². The summed E-state index contributed by atoms with van der Waals surface area (Å²) in [5, 5.41) is 34.3. The molecule has 350 valence electrons. The molecule has 10 rings (SSSR count). The van der Waals surface area contributed by atoms with E-state index in [0.717, 1.165) is 68.7 Å². The molecule has 0 unspecified atom stereocenters. The summed E-state index contributed by atoms with van der Waals surface area (Å²) in [5.74, 6) is 2.24. The number of phenols is 2. The van der Waals surface area contributed by atoms with Crippen LogP contribution < -0.4 is 18.1 Å². The van der Waals surface area contributed by atoms with Crippen LogP contribution in [0.2, 0.25) is 0 Å². The first kappa shape index (κ1) is 45.6. The number of hydrazone groups is 2. The Hall–Kier alpha value is -6.17. The lowest BCUT2D eigenvalue weighted by molar-refractivity contribution is 0.243. The summed E-state index contributed by atoms with van der Waals surface area (Å²) in [4.78, 5) is 9.99. The van der Waals surface area contributed by atoms with Crippen molar-refractivity contribution in [2.24, 2.45) is 19.2 Å². The van der Waals surface area contributed by atoms with Gasteiger partial charge in [0.05, 0.1) is 12.4 Å². The molecular weight excluding hydrogens is 916 g/mol. The molecule has 0 amide bonds. The number of fused-ring (bicyclic) bond motifs is 10. The number of rotatable bonds is 0. The minimum atomic E-state index is -4.01. The molecule has 0 aliphatic carbocycles. The maximum Gasteiger partial charge on any atom is 0.486 e. The van der Waals surface area contributed by atoms with Crippen molar-refractivity contribution in [3.8, 4) is 56.8 Å². The molecule has 4 heterocycles. The Kier molecular flexibility index (Phi) is 11.9. The first-order valence-electron chi connectivity index (χ1n) is 22.3. The van der Waals surface area contributed by atoms with E-state index in [2.05, 4.69) is 9.80 Å². The van der Waals surface area contributed by atoms with E-state index in [0.29, 0.717) is 47.2 Å². The lowest BCUT2D eigenvalue weighted by Gasteiger charge is -2.48. The van der Waals surface area contributed by atoms with Gasteiger partial charge in [0.1, 0.15) is 30.5 Å². The second-order valence-electron chi connectivity index (χ2n) is 17.5. The molecule has 0 radical (unpaired) electrons. The highest BCUT2D eigenvalue weighted by atomic mass is 31.3. The monoisotopic (exact) mass is 969 g/mol. The minimum absolute atomic E-state index is 0.127. The largest absolute Gasteiger partial charge is 0.507 e. The Labute approximate surface area is 398 Å². The number of likely N-dealkylation sites (N-methyl/N-ethyl adjacent to an activating group) is 2. The van der Waals surface area contributed by atoms with Crippen molar-refractivity contribution in [2.75, 3.05) is 41.3 Å². The second-order valence-corrected chi connectivity index (χ2v) is 24.6. The molecule has 3 spiro atoms. The lowest BCUT2D eigenvalue weighted by Crippen LogP contribution is -2.31. The molecule has 4 aliphatic rings. The highest BCUT2D eigenvalue weighted by Gasteiger charge is 2.56. The third kappa shape index (κ3) is 8.21. The Morgan fingerprint density at radius 2 is 0.941 bits per heavy atom. The van der Waals surface area contributed by atoms with Gasteiger partial charge in [-0.3, -0.25) is 18.6 Å². The van der Waals surface area contributed by atoms with Crippen LogP contribution in [0.25, 0.3) is 27.1 Å². The quantitative estimate of drug-likeness (QED) is 0.141. The van der Waals surface area contributed by atoms with Gasteiger partial charge in [0, 0.05) is 89.3 Å². The van der Waals surface area contributed by atoms with E-state index >= 15 is 0 Å². The van der Waals surface area contributed by atoms with E-state index in [9.17, 15) is 10.2 Å². The Morgan fingerprint density at radius 1 is 0.559 bits per heavy atom. The molecule has 15 nitrogen and oxygen atoms in total. The standard InChI is InChI=1S/C50H54N9O6P3/c1-33-27-37-29-51-58(7)66(59(8)52-30-38-28-34(2)36(4)44(50(38)61)32-57(6)26-25-56(5)31-43(35(33)3)49(37)60)53-67(62-45-21-13-9-17-39(45)40-18-10-14-22-46(40)63-67)55-68(54-66)64-47-23-15-11-19-41(47)42-20-12-16-24-48(42)65-68/h9-24,27-30,60-61H,25-26,31-32H2,1-8H3/b51-29-,52-30-. The van der Waals surface area contributed by atoms with Crippen LogP contribution in [-0.2, 0) is 13.1 Å². The highest BCUT2D eigenvalue weighted by Crippen LogP contribution is 2.90. The van der Waals surface area contributed by atoms with E-state index < -0.39 is 23.2 Å². The van der Waals surface area contributed by atoms with Crippen molar-refractivity contribution in [1.29, 1.82) is 0 Å². The summed E-state index contributed by atoms with van der Waals surface area (Å²) in [5.41, 5.74) is 9.80. The van der Waals surface area contributed by atoms with Crippen LogP contribution in [0.3, 0.4) is 0 Å². The number of aryl methyl sites for hydroxylation is 2. The van der Waals surface area contributed by atoms with Gasteiger partial charge in [0.2, 0.25) is 0 Å². The van der Waals surface area contributed by atoms with E-state index in [1.54, 1.807) is 36.1 Å². The molecule has 0 saturated carbocycles. The van der Waals surface area contributed by atoms with E-state index in [1.807, 2.05) is 151 Å². The van der Waals surface area contributed by atoms with Crippen LogP contribution in [-0.4, -0.2) is 83.3 Å². The fourth-order valence-electron chi connectivity index (χ4n) is 8.74. The Balaban J connectivity index is 1.26. The van der Waals surface area contributed by atoms with Crippen LogP contribution in [0.1, 0.15) is 44.5 Å². The highest BCUT2D eigenvalue weighted by molar-refractivity contribution is 7.92. The van der Waals surface area contributed by atoms with Gasteiger partial charge in [-0.05, 0) is 100 Å². The molecule has 0 saturated heterocycles. The summed E-state index contributed by atoms with van der Waals surface area (Å²) in [6.07, 6.45) is 3.25. The van der Waals surface area contributed by atoms with Gasteiger partial charge >= 0.3 is 15.7 Å². The van der Waals surface area contributed by atoms with E-state index in [-0.39, 0.29) is 11.5 Å². The third-order valence-electron chi connectivity index (χ3n) is 12.9. The fraction of sp³-hybridized carbons (Fsp3) is 0.240. The van der Waals surface area contributed by atoms with Gasteiger partial charge in [0.25, 0.3) is 0 Å². The van der Waals surface area contributed by atoms with Crippen molar-refractivity contribution >= 4 is 35.6 Å². The molecule has 18 heteroatoms. The second kappa shape index (κ2) is 17.7. The van der Waals surface area contributed by atoms with E-state index in [4.69, 9.17) is 42.2 Å². The van der Waals surface area contributed by atoms with Crippen LogP contribution in [0.5, 0.6) is 34.5 Å². The van der Waals surface area contributed by atoms with Crippen LogP contribution in [0.4, 0.5) is 0 Å². The van der Waals surface area contributed by atoms with Gasteiger partial charge in [-0.25, -0.2) is 0 Å². The number of phenolic OH excluding ortho intramolecular Hbond substituents is 2. The smallest absolute Gasteiger partial charge is 0.486 e. The van der Waals surface area contributed by atoms with Crippen molar-refractivity contribution in [3.05, 3.63) is 159 Å². The lowest BCUT2D eigenvalue weighted by atomic mass is 9.97. The molecule has 4 bridgehead atoms. The van der Waals surface area contributed by atoms with Crippen molar-refractivity contribution < 1.29 is 28.3 Å². The van der Waals surface area contributed by atoms with Gasteiger partial charge in [-0.15, -0.1) is 0 Å². The number of para-hydroxylation sites is 4. The zero-order chi connectivity index (χ0) is 47.5. The average molecular weight is 970 g/mol. The molecule has 0 fully saturated rings. The van der Waals surface area contributed by atoms with Crippen LogP contribution in [0.15, 0.2) is 128 Å².